The van der Waals surface area contributed by atoms with Crippen LogP contribution in [0.3, 0.4) is 0 Å². The highest BCUT2D eigenvalue weighted by atomic mass is 19.3. The average Bonchev–Trinajstić information content (AvgIpc) is 2.18. The van der Waals surface area contributed by atoms with Gasteiger partial charge in [-0.3, -0.25) is 4.98 Å². The van der Waals surface area contributed by atoms with Gasteiger partial charge in [0, 0.05) is 11.9 Å². The summed E-state index contributed by atoms with van der Waals surface area (Å²) in [7, 11) is 0. The van der Waals surface area contributed by atoms with Crippen LogP contribution in [0.5, 0.6) is 0 Å². The molecule has 0 spiro atoms. The number of nitrogens with two attached hydrogens (primary N) is 1. The molecule has 0 aromatic carbocycles. The van der Waals surface area contributed by atoms with E-state index in [9.17, 15) is 8.78 Å². The molecule has 0 aliphatic heterocycles. The zero-order chi connectivity index (χ0) is 11.4. The molecule has 84 valence electrons. The molecule has 0 aliphatic rings. The summed E-state index contributed by atoms with van der Waals surface area (Å²) < 4.78 is 28.4. The Morgan fingerprint density at radius 2 is 2.13 bits per heavy atom. The first-order valence-electron chi connectivity index (χ1n) is 4.58. The van der Waals surface area contributed by atoms with Crippen LogP contribution in [0.1, 0.15) is 16.8 Å². The lowest BCUT2D eigenvalue weighted by Crippen LogP contribution is -2.08. The molecule has 1 aromatic heterocycles. The fraction of sp³-hybridized carbons (Fsp3) is 0.500. The largest absolute Gasteiger partial charge is 0.398 e. The van der Waals surface area contributed by atoms with Gasteiger partial charge in [-0.15, -0.1) is 0 Å². The molecule has 1 rings (SSSR count). The monoisotopic (exact) mass is 216 g/mol. The Kier molecular flexibility index (Phi) is 3.96. The summed E-state index contributed by atoms with van der Waals surface area (Å²) in [4.78, 5) is 4.09. The number of nitrogens with zero attached hydrogens (tertiary/aromatic N) is 1. The normalized spacial score (nSPS) is 11.0. The second-order valence-corrected chi connectivity index (χ2v) is 3.33. The average molecular weight is 216 g/mol. The van der Waals surface area contributed by atoms with Gasteiger partial charge in [-0.2, -0.15) is 0 Å². The summed E-state index contributed by atoms with van der Waals surface area (Å²) in [6, 6.07) is 0. The summed E-state index contributed by atoms with van der Waals surface area (Å²) in [6.07, 6.45) is -0.836. The van der Waals surface area contributed by atoms with Crippen LogP contribution in [0.25, 0.3) is 0 Å². The van der Waals surface area contributed by atoms with Crippen molar-refractivity contribution in [2.75, 3.05) is 12.3 Å². The molecule has 0 radical (unpaired) electrons. The predicted molar refractivity (Wildman–Crippen MR) is 53.8 cm³/mol. The highest BCUT2D eigenvalue weighted by Crippen LogP contribution is 2.18. The fourth-order valence-corrected chi connectivity index (χ4v) is 1.18. The highest BCUT2D eigenvalue weighted by Gasteiger charge is 2.08. The lowest BCUT2D eigenvalue weighted by atomic mass is 10.1. The first kappa shape index (κ1) is 11.8. The summed E-state index contributed by atoms with van der Waals surface area (Å²) in [5, 5.41) is 0. The Morgan fingerprint density at radius 1 is 1.47 bits per heavy atom. The van der Waals surface area contributed by atoms with Crippen LogP contribution in [-0.4, -0.2) is 18.0 Å². The van der Waals surface area contributed by atoms with Crippen LogP contribution >= 0.6 is 0 Å². The Morgan fingerprint density at radius 3 is 2.73 bits per heavy atom. The van der Waals surface area contributed by atoms with E-state index in [0.29, 0.717) is 11.4 Å². The number of aryl methyl sites for hydroxylation is 1. The van der Waals surface area contributed by atoms with E-state index in [1.165, 1.54) is 0 Å². The second-order valence-electron chi connectivity index (χ2n) is 3.33. The summed E-state index contributed by atoms with van der Waals surface area (Å²) in [5.74, 6) is 0. The lowest BCUT2D eigenvalue weighted by molar-refractivity contribution is 0.00868. The minimum Gasteiger partial charge on any atom is -0.398 e. The zero-order valence-corrected chi connectivity index (χ0v) is 8.76. The van der Waals surface area contributed by atoms with Crippen LogP contribution in [-0.2, 0) is 11.3 Å². The maximum atomic E-state index is 11.8. The van der Waals surface area contributed by atoms with Gasteiger partial charge in [-0.25, -0.2) is 8.78 Å². The van der Waals surface area contributed by atoms with Crippen LogP contribution in [0.2, 0.25) is 0 Å². The molecule has 1 aromatic rings. The molecule has 3 nitrogen and oxygen atoms in total. The molecule has 0 saturated heterocycles. The molecule has 15 heavy (non-hydrogen) atoms. The van der Waals surface area contributed by atoms with Crippen molar-refractivity contribution in [3.05, 3.63) is 23.0 Å². The SMILES string of the molecule is Cc1cnc(COCC(F)F)c(C)c1N. The molecule has 0 amide bonds. The molecule has 2 N–H and O–H groups in total. The molecule has 0 fully saturated rings. The number of aromatic nitrogens is 1. The van der Waals surface area contributed by atoms with Gasteiger partial charge in [0.15, 0.2) is 0 Å². The van der Waals surface area contributed by atoms with Crippen LogP contribution in [0.15, 0.2) is 6.20 Å². The quantitative estimate of drug-likeness (QED) is 0.838. The van der Waals surface area contributed by atoms with Crippen LogP contribution in [0.4, 0.5) is 14.5 Å². The van der Waals surface area contributed by atoms with Crippen molar-refractivity contribution < 1.29 is 13.5 Å². The van der Waals surface area contributed by atoms with Gasteiger partial charge in [-0.1, -0.05) is 0 Å². The maximum Gasteiger partial charge on any atom is 0.261 e. The van der Waals surface area contributed by atoms with Gasteiger partial charge in [0.05, 0.1) is 12.3 Å². The smallest absolute Gasteiger partial charge is 0.261 e. The van der Waals surface area contributed by atoms with E-state index in [4.69, 9.17) is 10.5 Å². The standard InChI is InChI=1S/C10H14F2N2O/c1-6-3-14-8(7(2)10(6)13)4-15-5-9(11)12/h3,9H,4-5H2,1-2H3,(H2,13,14). The van der Waals surface area contributed by atoms with Crippen molar-refractivity contribution in [2.24, 2.45) is 0 Å². The third-order valence-corrected chi connectivity index (χ3v) is 2.16. The van der Waals surface area contributed by atoms with E-state index in [0.717, 1.165) is 11.1 Å². The maximum absolute atomic E-state index is 11.8. The predicted octanol–water partition coefficient (Wildman–Crippen LogP) is 2.06. The van der Waals surface area contributed by atoms with Crippen molar-refractivity contribution >= 4 is 5.69 Å². The number of alkyl halides is 2. The van der Waals surface area contributed by atoms with E-state index in [1.807, 2.05) is 6.92 Å². The number of pyridine rings is 1. The molecule has 0 saturated carbocycles. The van der Waals surface area contributed by atoms with Gasteiger partial charge < -0.3 is 10.5 Å². The minimum absolute atomic E-state index is 0.0701. The number of nitrogen functional groups attached to an aromatic ring is 1. The van der Waals surface area contributed by atoms with Crippen molar-refractivity contribution in [3.63, 3.8) is 0 Å². The summed E-state index contributed by atoms with van der Waals surface area (Å²) in [5.41, 5.74) is 8.70. The van der Waals surface area contributed by atoms with Gasteiger partial charge >= 0.3 is 0 Å². The fourth-order valence-electron chi connectivity index (χ4n) is 1.18. The Bertz CT molecular complexity index is 342. The number of hydrogen-bond donors (Lipinski definition) is 1. The van der Waals surface area contributed by atoms with Crippen molar-refractivity contribution in [1.29, 1.82) is 0 Å². The number of rotatable bonds is 4. The van der Waals surface area contributed by atoms with E-state index < -0.39 is 13.0 Å². The van der Waals surface area contributed by atoms with Gasteiger partial charge in [0.25, 0.3) is 6.43 Å². The molecular weight excluding hydrogens is 202 g/mol. The van der Waals surface area contributed by atoms with E-state index in [1.54, 1.807) is 13.1 Å². The molecule has 0 atom stereocenters. The van der Waals surface area contributed by atoms with Crippen molar-refractivity contribution in [1.82, 2.24) is 4.98 Å². The third-order valence-electron chi connectivity index (χ3n) is 2.16. The topological polar surface area (TPSA) is 48.1 Å². The summed E-state index contributed by atoms with van der Waals surface area (Å²) >= 11 is 0. The Balaban J connectivity index is 2.66. The van der Waals surface area contributed by atoms with Gasteiger partial charge in [-0.05, 0) is 25.0 Å². The number of anilines is 1. The zero-order valence-electron chi connectivity index (χ0n) is 8.76. The van der Waals surface area contributed by atoms with E-state index >= 15 is 0 Å². The van der Waals surface area contributed by atoms with E-state index in [-0.39, 0.29) is 6.61 Å². The van der Waals surface area contributed by atoms with Crippen molar-refractivity contribution in [2.45, 2.75) is 26.9 Å². The molecule has 1 heterocycles. The first-order valence-corrected chi connectivity index (χ1v) is 4.58. The molecular formula is C10H14F2N2O. The number of halogens is 2. The highest BCUT2D eigenvalue weighted by molar-refractivity contribution is 5.53. The number of ether oxygens (including phenoxy) is 1. The van der Waals surface area contributed by atoms with Crippen LogP contribution in [0, 0.1) is 13.8 Å². The third kappa shape index (κ3) is 3.13. The summed E-state index contributed by atoms with van der Waals surface area (Å²) in [6.45, 7) is 3.14. The first-order chi connectivity index (χ1) is 7.02. The molecule has 5 heteroatoms. The minimum atomic E-state index is -2.45. The van der Waals surface area contributed by atoms with Crippen LogP contribution < -0.4 is 5.73 Å². The van der Waals surface area contributed by atoms with Crippen molar-refractivity contribution in [3.8, 4) is 0 Å². The lowest BCUT2D eigenvalue weighted by Gasteiger charge is -2.10. The Labute approximate surface area is 87.3 Å². The van der Waals surface area contributed by atoms with Gasteiger partial charge in [0.2, 0.25) is 0 Å². The van der Waals surface area contributed by atoms with Gasteiger partial charge in [0.1, 0.15) is 6.61 Å². The molecule has 0 aliphatic carbocycles. The number of hydrogen-bond acceptors (Lipinski definition) is 3. The van der Waals surface area contributed by atoms with E-state index in [2.05, 4.69) is 4.98 Å². The molecule has 0 bridgehead atoms. The second kappa shape index (κ2) is 5.02. The molecule has 0 unspecified atom stereocenters. The Hall–Kier alpha value is -1.23.